The molecule has 0 unspecified atom stereocenters. The van der Waals surface area contributed by atoms with Crippen molar-refractivity contribution >= 4 is 45.6 Å². The van der Waals surface area contributed by atoms with Gasteiger partial charge in [0.15, 0.2) is 17.0 Å². The van der Waals surface area contributed by atoms with Gasteiger partial charge in [-0.05, 0) is 53.3 Å². The summed E-state index contributed by atoms with van der Waals surface area (Å²) in [6, 6.07) is 19.2. The fourth-order valence-electron chi connectivity index (χ4n) is 5.08. The molecule has 2 aliphatic rings. The third kappa shape index (κ3) is 4.30. The Hall–Kier alpha value is -3.95. The monoisotopic (exact) mass is 509 g/mol. The second-order valence-corrected chi connectivity index (χ2v) is 10.1. The second kappa shape index (κ2) is 9.49. The van der Waals surface area contributed by atoms with Gasteiger partial charge in [-0.3, -0.25) is 4.57 Å². The highest BCUT2D eigenvalue weighted by Crippen LogP contribution is 2.30. The van der Waals surface area contributed by atoms with Crippen LogP contribution in [0.5, 0.6) is 0 Å². The number of anilines is 4. The maximum absolute atomic E-state index is 5.49. The van der Waals surface area contributed by atoms with Crippen molar-refractivity contribution in [3.05, 3.63) is 82.8 Å². The van der Waals surface area contributed by atoms with Gasteiger partial charge in [-0.2, -0.15) is 21.3 Å². The van der Waals surface area contributed by atoms with Crippen LogP contribution in [0.2, 0.25) is 0 Å². The smallest absolute Gasteiger partial charge is 0.229 e. The molecule has 1 fully saturated rings. The van der Waals surface area contributed by atoms with Gasteiger partial charge < -0.3 is 19.9 Å². The second-order valence-electron chi connectivity index (χ2n) is 9.35. The van der Waals surface area contributed by atoms with Crippen molar-refractivity contribution < 1.29 is 4.74 Å². The first-order chi connectivity index (χ1) is 18.3. The van der Waals surface area contributed by atoms with Crippen molar-refractivity contribution in [2.45, 2.75) is 13.0 Å². The maximum Gasteiger partial charge on any atom is 0.229 e. The molecule has 0 amide bonds. The summed E-state index contributed by atoms with van der Waals surface area (Å²) in [6.07, 6.45) is 2.82. The molecule has 5 aromatic rings. The topological polar surface area (TPSA) is 71.3 Å². The molecule has 0 radical (unpaired) electrons. The number of hydrogen-bond acceptors (Lipinski definition) is 8. The first-order valence-electron chi connectivity index (χ1n) is 12.6. The summed E-state index contributed by atoms with van der Waals surface area (Å²) in [7, 11) is 0. The number of thiophene rings is 1. The average Bonchev–Trinajstić information content (AvgIpc) is 3.64. The van der Waals surface area contributed by atoms with Crippen LogP contribution in [-0.4, -0.2) is 52.4 Å². The lowest BCUT2D eigenvalue weighted by molar-refractivity contribution is 0.122. The van der Waals surface area contributed by atoms with Crippen molar-refractivity contribution in [2.24, 2.45) is 0 Å². The van der Waals surface area contributed by atoms with E-state index in [-0.39, 0.29) is 0 Å². The molecule has 2 aromatic carbocycles. The molecule has 0 saturated carbocycles. The molecule has 5 heterocycles. The van der Waals surface area contributed by atoms with Crippen molar-refractivity contribution in [1.29, 1.82) is 0 Å². The van der Waals surface area contributed by atoms with Crippen LogP contribution in [0, 0.1) is 0 Å². The van der Waals surface area contributed by atoms with Gasteiger partial charge in [0.1, 0.15) is 6.33 Å². The molecule has 1 N–H and O–H groups in total. The Morgan fingerprint density at radius 2 is 1.68 bits per heavy atom. The molecule has 186 valence electrons. The van der Waals surface area contributed by atoms with E-state index in [1.54, 1.807) is 11.3 Å². The Morgan fingerprint density at radius 3 is 2.49 bits per heavy atom. The predicted octanol–water partition coefficient (Wildman–Crippen LogP) is 5.02. The van der Waals surface area contributed by atoms with Crippen molar-refractivity contribution in [3.63, 3.8) is 0 Å². The third-order valence-electron chi connectivity index (χ3n) is 7.09. The van der Waals surface area contributed by atoms with Crippen LogP contribution in [0.25, 0.3) is 16.9 Å². The summed E-state index contributed by atoms with van der Waals surface area (Å²) < 4.78 is 7.54. The predicted molar refractivity (Wildman–Crippen MR) is 148 cm³/mol. The van der Waals surface area contributed by atoms with E-state index in [9.17, 15) is 0 Å². The van der Waals surface area contributed by atoms with Gasteiger partial charge in [-0.25, -0.2) is 4.98 Å². The SMILES string of the molecule is c1ccc2c(c1)CCN(c1nc(Nc3ccc(N4CCOCC4)cc3)c3ncn(-c4ccsc4)c3n1)C2. The van der Waals surface area contributed by atoms with Gasteiger partial charge in [-0.15, -0.1) is 0 Å². The average molecular weight is 510 g/mol. The third-order valence-corrected chi connectivity index (χ3v) is 7.76. The van der Waals surface area contributed by atoms with Gasteiger partial charge in [0.2, 0.25) is 5.95 Å². The molecule has 0 bridgehead atoms. The van der Waals surface area contributed by atoms with Crippen LogP contribution < -0.4 is 15.1 Å². The van der Waals surface area contributed by atoms with E-state index in [0.717, 1.165) is 68.4 Å². The molecule has 0 aliphatic carbocycles. The lowest BCUT2D eigenvalue weighted by Gasteiger charge is -2.29. The quantitative estimate of drug-likeness (QED) is 0.357. The first kappa shape index (κ1) is 22.3. The number of aromatic nitrogens is 4. The number of imidazole rings is 1. The van der Waals surface area contributed by atoms with Crippen LogP contribution in [0.1, 0.15) is 11.1 Å². The number of rotatable bonds is 5. The fourth-order valence-corrected chi connectivity index (χ4v) is 5.71. The standard InChI is InChI=1S/C28H27N7OS/c1-2-4-21-17-34(11-9-20(21)3-1)28-31-26(25-27(32-28)35(19-29-25)24-10-16-37-18-24)30-22-5-7-23(8-6-22)33-12-14-36-15-13-33/h1-8,10,16,18-19H,9,11-15,17H2,(H,30,31,32). The van der Waals surface area contributed by atoms with Gasteiger partial charge in [0, 0.05) is 42.9 Å². The summed E-state index contributed by atoms with van der Waals surface area (Å²) in [6.45, 7) is 5.05. The Morgan fingerprint density at radius 1 is 0.838 bits per heavy atom. The lowest BCUT2D eigenvalue weighted by Crippen LogP contribution is -2.36. The molecule has 3 aromatic heterocycles. The zero-order valence-electron chi connectivity index (χ0n) is 20.4. The molecule has 8 nitrogen and oxygen atoms in total. The van der Waals surface area contributed by atoms with Crippen LogP contribution >= 0.6 is 11.3 Å². The highest BCUT2D eigenvalue weighted by atomic mass is 32.1. The molecular weight excluding hydrogens is 482 g/mol. The zero-order valence-corrected chi connectivity index (χ0v) is 21.2. The molecule has 37 heavy (non-hydrogen) atoms. The van der Waals surface area contributed by atoms with Crippen LogP contribution in [-0.2, 0) is 17.7 Å². The highest BCUT2D eigenvalue weighted by Gasteiger charge is 2.22. The summed E-state index contributed by atoms with van der Waals surface area (Å²) in [4.78, 5) is 19.4. The summed E-state index contributed by atoms with van der Waals surface area (Å²) in [5, 5.41) is 7.72. The minimum absolute atomic E-state index is 0.714. The normalized spacial score (nSPS) is 15.7. The van der Waals surface area contributed by atoms with E-state index < -0.39 is 0 Å². The number of hydrogen-bond donors (Lipinski definition) is 1. The van der Waals surface area contributed by atoms with E-state index in [4.69, 9.17) is 19.7 Å². The number of morpholine rings is 1. The van der Waals surface area contributed by atoms with E-state index in [2.05, 4.69) is 80.5 Å². The number of nitrogens with one attached hydrogen (secondary N) is 1. The van der Waals surface area contributed by atoms with E-state index in [1.807, 2.05) is 10.9 Å². The summed E-state index contributed by atoms with van der Waals surface area (Å²) in [5.41, 5.74) is 7.52. The van der Waals surface area contributed by atoms with E-state index >= 15 is 0 Å². The van der Waals surface area contributed by atoms with Crippen molar-refractivity contribution in [2.75, 3.05) is 48.0 Å². The van der Waals surface area contributed by atoms with E-state index in [0.29, 0.717) is 11.8 Å². The fraction of sp³-hybridized carbons (Fsp3) is 0.250. The number of fused-ring (bicyclic) bond motifs is 2. The van der Waals surface area contributed by atoms with Crippen LogP contribution in [0.15, 0.2) is 71.7 Å². The Bertz CT molecular complexity index is 1520. The summed E-state index contributed by atoms with van der Waals surface area (Å²) >= 11 is 1.66. The van der Waals surface area contributed by atoms with Crippen LogP contribution in [0.4, 0.5) is 23.1 Å². The maximum atomic E-state index is 5.49. The van der Waals surface area contributed by atoms with Crippen LogP contribution in [0.3, 0.4) is 0 Å². The van der Waals surface area contributed by atoms with Gasteiger partial charge in [0.25, 0.3) is 0 Å². The van der Waals surface area contributed by atoms with Crippen molar-refractivity contribution in [3.8, 4) is 5.69 Å². The lowest BCUT2D eigenvalue weighted by atomic mass is 10.0. The van der Waals surface area contributed by atoms with Gasteiger partial charge >= 0.3 is 0 Å². The van der Waals surface area contributed by atoms with Gasteiger partial charge in [-0.1, -0.05) is 24.3 Å². The first-order valence-corrected chi connectivity index (χ1v) is 13.6. The Kier molecular flexibility index (Phi) is 5.71. The molecular formula is C28H27N7OS. The molecule has 7 rings (SSSR count). The highest BCUT2D eigenvalue weighted by molar-refractivity contribution is 7.08. The van der Waals surface area contributed by atoms with E-state index in [1.165, 1.54) is 16.8 Å². The zero-order chi connectivity index (χ0) is 24.6. The molecule has 9 heteroatoms. The number of ether oxygens (including phenoxy) is 1. The number of nitrogens with zero attached hydrogens (tertiary/aromatic N) is 6. The molecule has 0 atom stereocenters. The summed E-state index contributed by atoms with van der Waals surface area (Å²) in [5.74, 6) is 1.43. The minimum atomic E-state index is 0.714. The molecule has 2 aliphatic heterocycles. The molecule has 0 spiro atoms. The molecule has 1 saturated heterocycles. The van der Waals surface area contributed by atoms with Gasteiger partial charge in [0.05, 0.1) is 18.9 Å². The Labute approximate surface area is 219 Å². The number of benzene rings is 2. The largest absolute Gasteiger partial charge is 0.378 e. The minimum Gasteiger partial charge on any atom is -0.378 e. The van der Waals surface area contributed by atoms with Crippen molar-refractivity contribution in [1.82, 2.24) is 19.5 Å². The Balaban J connectivity index is 1.25.